The molecule has 0 bridgehead atoms. The summed E-state index contributed by atoms with van der Waals surface area (Å²) in [5.74, 6) is -0.956. The van der Waals surface area contributed by atoms with Crippen molar-refractivity contribution >= 4 is 11.8 Å². The largest absolute Gasteiger partial charge is 0.376 e. The van der Waals surface area contributed by atoms with E-state index in [9.17, 15) is 14.0 Å². The molecule has 7 heteroatoms. The molecule has 3 fully saturated rings. The Balaban J connectivity index is 1.59. The lowest BCUT2D eigenvalue weighted by molar-refractivity contribution is -0.128. The molecular weight excluding hydrogens is 375 g/mol. The predicted molar refractivity (Wildman–Crippen MR) is 105 cm³/mol. The molecule has 0 aromatic heterocycles. The minimum absolute atomic E-state index is 0.0145. The number of benzene rings is 1. The Hall–Kier alpha value is -1.99. The summed E-state index contributed by atoms with van der Waals surface area (Å²) in [5, 5.41) is 2.92. The number of ether oxygens (including phenoxy) is 2. The monoisotopic (exact) mass is 404 g/mol. The highest BCUT2D eigenvalue weighted by Crippen LogP contribution is 2.43. The standard InChI is InChI=1S/C22H29FN2O4/c1-15-6-4-10-22(12-15)25(21(27)17-8-2-3-9-18(17)23)19(14-29-22)20(26)24-13-16-7-5-11-28-16/h2-3,8-9,15-16,19H,4-7,10-14H2,1H3,(H,24,26)/t15-,16-,19+,22-/m1/s1. The van der Waals surface area contributed by atoms with Crippen molar-refractivity contribution in [3.8, 4) is 0 Å². The molecule has 1 spiro atoms. The molecule has 4 rings (SSSR count). The molecule has 2 aliphatic heterocycles. The molecule has 6 nitrogen and oxygen atoms in total. The fourth-order valence-corrected chi connectivity index (χ4v) is 4.91. The molecule has 29 heavy (non-hydrogen) atoms. The third-order valence-electron chi connectivity index (χ3n) is 6.35. The molecule has 1 aliphatic carbocycles. The van der Waals surface area contributed by atoms with Crippen LogP contribution in [-0.2, 0) is 14.3 Å². The van der Waals surface area contributed by atoms with Crippen molar-refractivity contribution in [2.45, 2.75) is 63.3 Å². The van der Waals surface area contributed by atoms with Crippen molar-refractivity contribution < 1.29 is 23.5 Å². The average Bonchev–Trinajstić information content (AvgIpc) is 3.34. The number of carbonyl (C=O) groups is 2. The minimum atomic E-state index is -0.844. The molecule has 2 amide bonds. The first-order chi connectivity index (χ1) is 14.0. The first-order valence-corrected chi connectivity index (χ1v) is 10.6. The van der Waals surface area contributed by atoms with E-state index in [4.69, 9.17) is 9.47 Å². The number of amides is 2. The van der Waals surface area contributed by atoms with Gasteiger partial charge in [0.25, 0.3) is 5.91 Å². The van der Waals surface area contributed by atoms with Gasteiger partial charge in [-0.15, -0.1) is 0 Å². The van der Waals surface area contributed by atoms with E-state index in [0.29, 0.717) is 31.9 Å². The second-order valence-corrected chi connectivity index (χ2v) is 8.51. The lowest BCUT2D eigenvalue weighted by Crippen LogP contribution is -2.57. The molecule has 3 aliphatic rings. The third-order valence-corrected chi connectivity index (χ3v) is 6.35. The Labute approximate surface area is 170 Å². The van der Waals surface area contributed by atoms with Crippen LogP contribution in [0, 0.1) is 11.7 Å². The van der Waals surface area contributed by atoms with Crippen molar-refractivity contribution in [2.75, 3.05) is 19.8 Å². The zero-order chi connectivity index (χ0) is 20.4. The third kappa shape index (κ3) is 4.03. The predicted octanol–water partition coefficient (Wildman–Crippen LogP) is 2.87. The van der Waals surface area contributed by atoms with Crippen LogP contribution in [-0.4, -0.2) is 54.3 Å². The molecule has 1 aromatic rings. The number of hydrogen-bond donors (Lipinski definition) is 1. The molecule has 158 valence electrons. The van der Waals surface area contributed by atoms with Gasteiger partial charge in [0.15, 0.2) is 0 Å². The van der Waals surface area contributed by atoms with Crippen LogP contribution in [0.5, 0.6) is 0 Å². The smallest absolute Gasteiger partial charge is 0.259 e. The van der Waals surface area contributed by atoms with E-state index >= 15 is 0 Å². The molecule has 2 saturated heterocycles. The zero-order valence-corrected chi connectivity index (χ0v) is 16.9. The zero-order valence-electron chi connectivity index (χ0n) is 16.9. The van der Waals surface area contributed by atoms with E-state index in [1.807, 2.05) is 0 Å². The number of rotatable bonds is 4. The van der Waals surface area contributed by atoms with Gasteiger partial charge in [-0.25, -0.2) is 4.39 Å². The quantitative estimate of drug-likeness (QED) is 0.838. The highest BCUT2D eigenvalue weighted by atomic mass is 19.1. The Morgan fingerprint density at radius 3 is 2.83 bits per heavy atom. The van der Waals surface area contributed by atoms with Crippen molar-refractivity contribution in [2.24, 2.45) is 5.92 Å². The van der Waals surface area contributed by atoms with Crippen LogP contribution in [0.4, 0.5) is 4.39 Å². The maximum Gasteiger partial charge on any atom is 0.259 e. The summed E-state index contributed by atoms with van der Waals surface area (Å²) in [4.78, 5) is 28.0. The second kappa shape index (κ2) is 8.40. The summed E-state index contributed by atoms with van der Waals surface area (Å²) in [6, 6.07) is 5.16. The average molecular weight is 404 g/mol. The van der Waals surface area contributed by atoms with E-state index in [1.54, 1.807) is 12.1 Å². The molecule has 0 radical (unpaired) electrons. The van der Waals surface area contributed by atoms with Gasteiger partial charge >= 0.3 is 0 Å². The van der Waals surface area contributed by atoms with Gasteiger partial charge in [0.1, 0.15) is 17.6 Å². The normalized spacial score (nSPS) is 31.9. The molecule has 1 N–H and O–H groups in total. The number of halogens is 1. The summed E-state index contributed by atoms with van der Waals surface area (Å²) < 4.78 is 26.1. The summed E-state index contributed by atoms with van der Waals surface area (Å²) in [6.07, 6.45) is 5.21. The highest BCUT2D eigenvalue weighted by molar-refractivity contribution is 5.98. The van der Waals surface area contributed by atoms with Gasteiger partial charge < -0.3 is 14.8 Å². The van der Waals surface area contributed by atoms with Crippen LogP contribution >= 0.6 is 0 Å². The summed E-state index contributed by atoms with van der Waals surface area (Å²) >= 11 is 0. The van der Waals surface area contributed by atoms with Crippen LogP contribution in [0.2, 0.25) is 0 Å². The van der Waals surface area contributed by atoms with E-state index in [0.717, 1.165) is 25.7 Å². The highest BCUT2D eigenvalue weighted by Gasteiger charge is 2.54. The van der Waals surface area contributed by atoms with Crippen LogP contribution in [0.15, 0.2) is 24.3 Å². The number of hydrogen-bond acceptors (Lipinski definition) is 4. The molecular formula is C22H29FN2O4. The van der Waals surface area contributed by atoms with Crippen LogP contribution < -0.4 is 5.32 Å². The molecule has 1 saturated carbocycles. The lowest BCUT2D eigenvalue weighted by Gasteiger charge is -2.43. The molecule has 4 atom stereocenters. The van der Waals surface area contributed by atoms with Crippen LogP contribution in [0.1, 0.15) is 55.8 Å². The van der Waals surface area contributed by atoms with Gasteiger partial charge in [0.05, 0.1) is 18.3 Å². The number of nitrogens with zero attached hydrogens (tertiary/aromatic N) is 1. The minimum Gasteiger partial charge on any atom is -0.376 e. The van der Waals surface area contributed by atoms with Gasteiger partial charge in [-0.05, 0) is 50.2 Å². The first kappa shape index (κ1) is 20.3. The Morgan fingerprint density at radius 1 is 1.28 bits per heavy atom. The van der Waals surface area contributed by atoms with Crippen molar-refractivity contribution in [1.82, 2.24) is 10.2 Å². The second-order valence-electron chi connectivity index (χ2n) is 8.51. The van der Waals surface area contributed by atoms with Crippen molar-refractivity contribution in [3.05, 3.63) is 35.6 Å². The summed E-state index contributed by atoms with van der Waals surface area (Å²) in [7, 11) is 0. The summed E-state index contributed by atoms with van der Waals surface area (Å²) in [6.45, 7) is 3.39. The number of carbonyl (C=O) groups excluding carboxylic acids is 2. The maximum atomic E-state index is 14.4. The van der Waals surface area contributed by atoms with Crippen molar-refractivity contribution in [3.63, 3.8) is 0 Å². The van der Waals surface area contributed by atoms with Crippen LogP contribution in [0.3, 0.4) is 0 Å². The fourth-order valence-electron chi connectivity index (χ4n) is 4.91. The number of nitrogens with one attached hydrogen (secondary N) is 1. The van der Waals surface area contributed by atoms with Crippen LogP contribution in [0.25, 0.3) is 0 Å². The molecule has 1 aromatic carbocycles. The van der Waals surface area contributed by atoms with Gasteiger partial charge in [-0.2, -0.15) is 0 Å². The Morgan fingerprint density at radius 2 is 2.10 bits per heavy atom. The van der Waals surface area contributed by atoms with E-state index in [-0.39, 0.29) is 24.2 Å². The van der Waals surface area contributed by atoms with E-state index in [2.05, 4.69) is 12.2 Å². The molecule has 2 heterocycles. The van der Waals surface area contributed by atoms with Gasteiger partial charge in [0.2, 0.25) is 5.91 Å². The lowest BCUT2D eigenvalue weighted by atomic mass is 9.83. The Bertz CT molecular complexity index is 767. The molecule has 0 unspecified atom stereocenters. The van der Waals surface area contributed by atoms with Gasteiger partial charge in [-0.1, -0.05) is 25.5 Å². The topological polar surface area (TPSA) is 67.9 Å². The first-order valence-electron chi connectivity index (χ1n) is 10.6. The summed E-state index contributed by atoms with van der Waals surface area (Å²) in [5.41, 5.74) is -0.865. The Kier molecular flexibility index (Phi) is 5.88. The fraction of sp³-hybridized carbons (Fsp3) is 0.636. The van der Waals surface area contributed by atoms with Gasteiger partial charge in [-0.3, -0.25) is 14.5 Å². The van der Waals surface area contributed by atoms with Crippen molar-refractivity contribution in [1.29, 1.82) is 0 Å². The van der Waals surface area contributed by atoms with E-state index in [1.165, 1.54) is 17.0 Å². The maximum absolute atomic E-state index is 14.4. The van der Waals surface area contributed by atoms with E-state index < -0.39 is 23.5 Å². The van der Waals surface area contributed by atoms with Gasteiger partial charge in [0, 0.05) is 13.2 Å². The SMILES string of the molecule is C[C@@H]1CCC[C@]2(C1)OC[C@@H](C(=O)NC[C@H]1CCCO1)N2C(=O)c1ccccc1F.